The third kappa shape index (κ3) is 5.63. The molecular formula is C21H29N7O2. The van der Waals surface area contributed by atoms with Crippen LogP contribution in [0.15, 0.2) is 29.3 Å². The van der Waals surface area contributed by atoms with Gasteiger partial charge in [0.25, 0.3) is 0 Å². The van der Waals surface area contributed by atoms with Gasteiger partial charge in [0.15, 0.2) is 6.19 Å². The number of carbonyl (C=O) groups excluding carboxylic acids is 2. The van der Waals surface area contributed by atoms with Crippen LogP contribution in [0.5, 0.6) is 0 Å². The van der Waals surface area contributed by atoms with E-state index in [-0.39, 0.29) is 24.3 Å². The number of benzene rings is 1. The molecule has 30 heavy (non-hydrogen) atoms. The summed E-state index contributed by atoms with van der Waals surface area (Å²) in [6.45, 7) is 2.20. The van der Waals surface area contributed by atoms with Gasteiger partial charge in [0.05, 0.1) is 6.54 Å². The lowest BCUT2D eigenvalue weighted by Crippen LogP contribution is -2.45. The molecular weight excluding hydrogens is 382 g/mol. The van der Waals surface area contributed by atoms with E-state index in [2.05, 4.69) is 20.9 Å². The highest BCUT2D eigenvalue weighted by Crippen LogP contribution is 2.18. The van der Waals surface area contributed by atoms with Crippen LogP contribution in [0.3, 0.4) is 0 Å². The monoisotopic (exact) mass is 411 g/mol. The van der Waals surface area contributed by atoms with E-state index in [0.29, 0.717) is 13.0 Å². The lowest BCUT2D eigenvalue weighted by atomic mass is 10.1. The average molecular weight is 412 g/mol. The van der Waals surface area contributed by atoms with Crippen molar-refractivity contribution in [3.05, 3.63) is 24.3 Å². The van der Waals surface area contributed by atoms with Crippen molar-refractivity contribution in [2.45, 2.75) is 38.1 Å². The first kappa shape index (κ1) is 21.4. The molecule has 0 radical (unpaired) electrons. The number of nitrogens with zero attached hydrogens (tertiary/aromatic N) is 4. The second-order valence-electron chi connectivity index (χ2n) is 7.53. The molecule has 2 heterocycles. The summed E-state index contributed by atoms with van der Waals surface area (Å²) >= 11 is 0. The molecule has 2 aliphatic heterocycles. The summed E-state index contributed by atoms with van der Waals surface area (Å²) in [5.74, 6) is 0.0581. The third-order valence-electron chi connectivity index (χ3n) is 5.41. The Morgan fingerprint density at radius 3 is 2.67 bits per heavy atom. The molecule has 0 saturated carbocycles. The summed E-state index contributed by atoms with van der Waals surface area (Å²) in [5, 5.41) is 17.8. The Bertz CT molecular complexity index is 827. The van der Waals surface area contributed by atoms with Gasteiger partial charge in [-0.15, -0.1) is 0 Å². The maximum absolute atomic E-state index is 13.1. The molecule has 1 atom stereocenters. The van der Waals surface area contributed by atoms with Crippen molar-refractivity contribution in [2.24, 2.45) is 4.99 Å². The van der Waals surface area contributed by atoms with Gasteiger partial charge in [-0.1, -0.05) is 6.07 Å². The molecule has 3 N–H and O–H groups in total. The Balaban J connectivity index is 1.72. The summed E-state index contributed by atoms with van der Waals surface area (Å²) in [5.41, 5.74) is 1.65. The van der Waals surface area contributed by atoms with Crippen molar-refractivity contribution in [3.8, 4) is 6.19 Å². The topological polar surface area (TPSA) is 113 Å². The van der Waals surface area contributed by atoms with Crippen molar-refractivity contribution < 1.29 is 9.59 Å². The van der Waals surface area contributed by atoms with Gasteiger partial charge in [0, 0.05) is 38.1 Å². The van der Waals surface area contributed by atoms with Gasteiger partial charge in [-0.25, -0.2) is 4.99 Å². The molecule has 2 fully saturated rings. The Labute approximate surface area is 177 Å². The number of rotatable bonds is 5. The maximum atomic E-state index is 13.1. The van der Waals surface area contributed by atoms with Crippen molar-refractivity contribution in [2.75, 3.05) is 43.9 Å². The molecule has 0 bridgehead atoms. The van der Waals surface area contributed by atoms with E-state index in [1.807, 2.05) is 42.4 Å². The van der Waals surface area contributed by atoms with Crippen LogP contribution in [0.4, 0.5) is 11.4 Å². The second-order valence-corrected chi connectivity index (χ2v) is 7.53. The number of nitriles is 1. The predicted molar refractivity (Wildman–Crippen MR) is 116 cm³/mol. The van der Waals surface area contributed by atoms with Crippen molar-refractivity contribution in [1.29, 1.82) is 5.26 Å². The van der Waals surface area contributed by atoms with Crippen LogP contribution in [-0.4, -0.2) is 66.8 Å². The zero-order valence-corrected chi connectivity index (χ0v) is 17.4. The molecule has 0 aliphatic carbocycles. The molecule has 9 heteroatoms. The van der Waals surface area contributed by atoms with Crippen LogP contribution in [0.1, 0.15) is 32.1 Å². The molecule has 2 saturated heterocycles. The Hall–Kier alpha value is -3.28. The fourth-order valence-corrected chi connectivity index (χ4v) is 3.79. The van der Waals surface area contributed by atoms with Gasteiger partial charge in [0.2, 0.25) is 17.8 Å². The van der Waals surface area contributed by atoms with Gasteiger partial charge < -0.3 is 20.4 Å². The molecule has 1 aromatic carbocycles. The largest absolute Gasteiger partial charge is 0.388 e. The highest BCUT2D eigenvalue weighted by Gasteiger charge is 2.30. The molecule has 3 rings (SSSR count). The number of nitrogens with one attached hydrogen (secondary N) is 3. The number of amides is 2. The summed E-state index contributed by atoms with van der Waals surface area (Å²) in [4.78, 5) is 33.6. The number of hydrogen-bond acceptors (Lipinski definition) is 5. The first-order valence-corrected chi connectivity index (χ1v) is 10.4. The average Bonchev–Trinajstić information content (AvgIpc) is 3.24. The summed E-state index contributed by atoms with van der Waals surface area (Å²) in [6, 6.07) is 6.90. The normalized spacial score (nSPS) is 19.8. The Kier molecular flexibility index (Phi) is 7.49. The second kappa shape index (κ2) is 10.5. The van der Waals surface area contributed by atoms with Crippen LogP contribution in [0.2, 0.25) is 0 Å². The van der Waals surface area contributed by atoms with Gasteiger partial charge in [-0.05, 0) is 50.3 Å². The first-order valence-electron chi connectivity index (χ1n) is 10.4. The molecule has 160 valence electrons. The van der Waals surface area contributed by atoms with E-state index in [1.165, 1.54) is 0 Å². The number of hydrogen-bond donors (Lipinski definition) is 3. The molecule has 1 aromatic rings. The number of carbonyl (C=O) groups is 2. The van der Waals surface area contributed by atoms with Crippen molar-refractivity contribution in [1.82, 2.24) is 15.1 Å². The van der Waals surface area contributed by atoms with E-state index in [1.54, 1.807) is 4.90 Å². The van der Waals surface area contributed by atoms with Gasteiger partial charge in [-0.3, -0.25) is 14.9 Å². The number of anilines is 2. The summed E-state index contributed by atoms with van der Waals surface area (Å²) in [6.07, 6.45) is 6.18. The van der Waals surface area contributed by atoms with Crippen LogP contribution >= 0.6 is 0 Å². The fraction of sp³-hybridized carbons (Fsp3) is 0.524. The SMILES string of the molecule is CNc1cccc(NC(=NC2CCCCN(CC(=O)N3CCCC3)C2=O)NC#N)c1. The zero-order chi connectivity index (χ0) is 21.3. The predicted octanol–water partition coefficient (Wildman–Crippen LogP) is 1.57. The fourth-order valence-electron chi connectivity index (χ4n) is 3.79. The first-order chi connectivity index (χ1) is 14.6. The van der Waals surface area contributed by atoms with Crippen LogP contribution in [0, 0.1) is 11.5 Å². The minimum atomic E-state index is -0.630. The minimum Gasteiger partial charge on any atom is -0.388 e. The van der Waals surface area contributed by atoms with E-state index in [0.717, 1.165) is 50.1 Å². The van der Waals surface area contributed by atoms with Gasteiger partial charge in [0.1, 0.15) is 6.04 Å². The molecule has 1 unspecified atom stereocenters. The standard InChI is InChI=1S/C21H29N7O2/c1-23-16-7-6-8-17(13-16)25-21(24-15-22)26-18-9-2-3-12-28(20(18)30)14-19(29)27-10-4-5-11-27/h6-8,13,18,23H,2-5,9-12,14H2,1H3,(H2,24,25,26). The van der Waals surface area contributed by atoms with E-state index >= 15 is 0 Å². The van der Waals surface area contributed by atoms with E-state index in [9.17, 15) is 9.59 Å². The highest BCUT2D eigenvalue weighted by atomic mass is 16.2. The zero-order valence-electron chi connectivity index (χ0n) is 17.4. The van der Waals surface area contributed by atoms with E-state index < -0.39 is 6.04 Å². The molecule has 9 nitrogen and oxygen atoms in total. The Morgan fingerprint density at radius 1 is 1.20 bits per heavy atom. The minimum absolute atomic E-state index is 0.00265. The maximum Gasteiger partial charge on any atom is 0.247 e. The summed E-state index contributed by atoms with van der Waals surface area (Å²) < 4.78 is 0. The molecule has 0 spiro atoms. The van der Waals surface area contributed by atoms with Gasteiger partial charge >= 0.3 is 0 Å². The number of aliphatic imine (C=N–C) groups is 1. The number of guanidine groups is 1. The third-order valence-corrected chi connectivity index (χ3v) is 5.41. The molecule has 2 aliphatic rings. The van der Waals surface area contributed by atoms with Gasteiger partial charge in [-0.2, -0.15) is 5.26 Å². The van der Waals surface area contributed by atoms with Crippen LogP contribution < -0.4 is 16.0 Å². The lowest BCUT2D eigenvalue weighted by Gasteiger charge is -2.25. The van der Waals surface area contributed by atoms with Crippen LogP contribution in [0.25, 0.3) is 0 Å². The highest BCUT2D eigenvalue weighted by molar-refractivity contribution is 5.97. The van der Waals surface area contributed by atoms with Crippen molar-refractivity contribution >= 4 is 29.1 Å². The van der Waals surface area contributed by atoms with E-state index in [4.69, 9.17) is 5.26 Å². The van der Waals surface area contributed by atoms with Crippen molar-refractivity contribution in [3.63, 3.8) is 0 Å². The molecule has 0 aromatic heterocycles. The lowest BCUT2D eigenvalue weighted by molar-refractivity contribution is -0.140. The smallest absolute Gasteiger partial charge is 0.247 e. The number of likely N-dealkylation sites (tertiary alicyclic amines) is 2. The van der Waals surface area contributed by atoms with Crippen LogP contribution in [-0.2, 0) is 9.59 Å². The summed E-state index contributed by atoms with van der Waals surface area (Å²) in [7, 11) is 1.82. The Morgan fingerprint density at radius 2 is 1.93 bits per heavy atom. The molecule has 2 amide bonds. The quantitative estimate of drug-likeness (QED) is 0.293.